The molecule has 0 aromatic carbocycles. The molecule has 0 aromatic heterocycles. The second-order valence-corrected chi connectivity index (χ2v) is 9.27. The molecule has 6 nitrogen and oxygen atoms in total. The lowest BCUT2D eigenvalue weighted by Crippen LogP contribution is -2.72. The minimum Gasteiger partial charge on any atom is -0.378 e. The third-order valence-corrected chi connectivity index (χ3v) is 5.48. The fourth-order valence-corrected chi connectivity index (χ4v) is 2.74. The number of likely N-dealkylation sites (tertiary alicyclic amines) is 1. The van der Waals surface area contributed by atoms with E-state index in [9.17, 15) is 8.42 Å². The Kier molecular flexibility index (Phi) is 8.81. The third-order valence-electron chi connectivity index (χ3n) is 4.57. The van der Waals surface area contributed by atoms with Crippen LogP contribution in [0.1, 0.15) is 34.6 Å². The summed E-state index contributed by atoms with van der Waals surface area (Å²) in [5.74, 6) is 0.961. The normalized spacial score (nSPS) is 19.7. The van der Waals surface area contributed by atoms with Crippen molar-refractivity contribution in [3.63, 3.8) is 0 Å². The fraction of sp³-hybridized carbons (Fsp3) is 0.933. The number of nitrogens with zero attached hydrogens (tertiary/aromatic N) is 2. The summed E-state index contributed by atoms with van der Waals surface area (Å²) in [7, 11) is -2.95. The molecule has 0 atom stereocenters. The van der Waals surface area contributed by atoms with Gasteiger partial charge in [-0.3, -0.25) is 4.99 Å². The summed E-state index contributed by atoms with van der Waals surface area (Å²) in [6.07, 6.45) is 1.21. The summed E-state index contributed by atoms with van der Waals surface area (Å²) in [6, 6.07) is 0. The van der Waals surface area contributed by atoms with Crippen molar-refractivity contribution in [1.82, 2.24) is 10.2 Å². The molecule has 0 bridgehead atoms. The highest BCUT2D eigenvalue weighted by molar-refractivity contribution is 14.0. The lowest BCUT2D eigenvalue weighted by atomic mass is 9.65. The van der Waals surface area contributed by atoms with E-state index in [-0.39, 0.29) is 47.3 Å². The maximum Gasteiger partial charge on any atom is 0.194 e. The van der Waals surface area contributed by atoms with Gasteiger partial charge in [0.2, 0.25) is 0 Å². The number of rotatable bonds is 7. The van der Waals surface area contributed by atoms with Crippen LogP contribution < -0.4 is 5.32 Å². The van der Waals surface area contributed by atoms with E-state index in [1.54, 1.807) is 0 Å². The van der Waals surface area contributed by atoms with E-state index in [0.29, 0.717) is 13.2 Å². The van der Waals surface area contributed by atoms with Crippen LogP contribution in [0.2, 0.25) is 0 Å². The Labute approximate surface area is 158 Å². The van der Waals surface area contributed by atoms with Crippen LogP contribution in [0.5, 0.6) is 0 Å². The molecule has 1 heterocycles. The molecule has 1 aliphatic rings. The molecule has 0 aromatic rings. The van der Waals surface area contributed by atoms with Gasteiger partial charge in [-0.05, 0) is 20.8 Å². The Hall–Kier alpha value is -0.0900. The van der Waals surface area contributed by atoms with Gasteiger partial charge in [-0.25, -0.2) is 8.42 Å². The molecule has 1 saturated heterocycles. The fourth-order valence-electron chi connectivity index (χ4n) is 2.32. The molecule has 0 amide bonds. The summed E-state index contributed by atoms with van der Waals surface area (Å²) >= 11 is 0. The summed E-state index contributed by atoms with van der Waals surface area (Å²) in [6.45, 7) is 14.0. The van der Waals surface area contributed by atoms with E-state index in [2.05, 4.69) is 49.8 Å². The van der Waals surface area contributed by atoms with E-state index < -0.39 is 9.84 Å². The van der Waals surface area contributed by atoms with Gasteiger partial charge < -0.3 is 15.0 Å². The predicted octanol–water partition coefficient (Wildman–Crippen LogP) is 1.75. The quantitative estimate of drug-likeness (QED) is 0.271. The van der Waals surface area contributed by atoms with Gasteiger partial charge >= 0.3 is 0 Å². The summed E-state index contributed by atoms with van der Waals surface area (Å²) in [4.78, 5) is 6.87. The average molecular weight is 461 g/mol. The highest BCUT2D eigenvalue weighted by atomic mass is 127. The minimum absolute atomic E-state index is 0. The van der Waals surface area contributed by atoms with Gasteiger partial charge in [0.1, 0.15) is 9.84 Å². The number of nitrogens with one attached hydrogen (secondary N) is 1. The van der Waals surface area contributed by atoms with Gasteiger partial charge in [0.15, 0.2) is 5.96 Å². The third kappa shape index (κ3) is 6.38. The molecule has 23 heavy (non-hydrogen) atoms. The van der Waals surface area contributed by atoms with Crippen molar-refractivity contribution in [3.05, 3.63) is 0 Å². The van der Waals surface area contributed by atoms with E-state index in [4.69, 9.17) is 4.74 Å². The molecular weight excluding hydrogens is 429 g/mol. The van der Waals surface area contributed by atoms with Crippen LogP contribution in [0.4, 0.5) is 0 Å². The van der Waals surface area contributed by atoms with Crippen molar-refractivity contribution in [2.45, 2.75) is 40.2 Å². The molecule has 1 aliphatic heterocycles. The van der Waals surface area contributed by atoms with Crippen LogP contribution in [0, 0.1) is 5.41 Å². The second kappa shape index (κ2) is 8.84. The minimum atomic E-state index is -2.95. The Bertz CT molecular complexity index is 504. The molecule has 1 rings (SSSR count). The smallest absolute Gasteiger partial charge is 0.194 e. The largest absolute Gasteiger partial charge is 0.378 e. The lowest BCUT2D eigenvalue weighted by molar-refractivity contribution is -0.0668. The number of aliphatic imine (C=N–C) groups is 1. The predicted molar refractivity (Wildman–Crippen MR) is 106 cm³/mol. The Morgan fingerprint density at radius 3 is 2.30 bits per heavy atom. The first kappa shape index (κ1) is 22.9. The zero-order chi connectivity index (χ0) is 17.0. The molecule has 0 unspecified atom stereocenters. The van der Waals surface area contributed by atoms with Crippen molar-refractivity contribution in [2.24, 2.45) is 10.4 Å². The van der Waals surface area contributed by atoms with Crippen molar-refractivity contribution >= 4 is 39.8 Å². The molecule has 0 saturated carbocycles. The van der Waals surface area contributed by atoms with Crippen LogP contribution in [0.25, 0.3) is 0 Å². The average Bonchev–Trinajstić information content (AvgIpc) is 2.37. The number of sulfone groups is 1. The van der Waals surface area contributed by atoms with Crippen LogP contribution in [-0.2, 0) is 14.6 Å². The number of guanidine groups is 1. The van der Waals surface area contributed by atoms with Gasteiger partial charge in [0.05, 0.1) is 25.5 Å². The van der Waals surface area contributed by atoms with Crippen molar-refractivity contribution in [2.75, 3.05) is 44.9 Å². The number of hydrogen-bond donors (Lipinski definition) is 1. The molecular formula is C15H32IN3O3S. The first-order chi connectivity index (χ1) is 10.0. The topological polar surface area (TPSA) is 71.0 Å². The maximum atomic E-state index is 11.0. The molecule has 0 aliphatic carbocycles. The SMILES string of the molecule is CCNC(=NCCOCCS(C)(=O)=O)N1CC(C)(C)C1(C)C.I. The van der Waals surface area contributed by atoms with Gasteiger partial charge in [-0.1, -0.05) is 13.8 Å². The summed E-state index contributed by atoms with van der Waals surface area (Å²) in [5.41, 5.74) is 0.320. The maximum absolute atomic E-state index is 11.0. The Balaban J connectivity index is 0.00000484. The van der Waals surface area contributed by atoms with E-state index in [1.807, 2.05) is 0 Å². The molecule has 138 valence electrons. The van der Waals surface area contributed by atoms with E-state index in [1.165, 1.54) is 6.26 Å². The highest BCUT2D eigenvalue weighted by Gasteiger charge is 2.53. The van der Waals surface area contributed by atoms with E-state index in [0.717, 1.165) is 19.0 Å². The zero-order valence-electron chi connectivity index (χ0n) is 15.2. The van der Waals surface area contributed by atoms with Crippen molar-refractivity contribution in [1.29, 1.82) is 0 Å². The van der Waals surface area contributed by atoms with Crippen LogP contribution in [0.15, 0.2) is 4.99 Å². The highest BCUT2D eigenvalue weighted by Crippen LogP contribution is 2.46. The first-order valence-corrected chi connectivity index (χ1v) is 9.89. The molecule has 8 heteroatoms. The number of halogens is 1. The summed E-state index contributed by atoms with van der Waals surface area (Å²) in [5, 5.41) is 3.32. The molecule has 0 radical (unpaired) electrons. The molecule has 0 spiro atoms. The van der Waals surface area contributed by atoms with Crippen molar-refractivity contribution in [3.8, 4) is 0 Å². The van der Waals surface area contributed by atoms with Crippen LogP contribution >= 0.6 is 24.0 Å². The zero-order valence-corrected chi connectivity index (χ0v) is 18.3. The number of hydrogen-bond acceptors (Lipinski definition) is 4. The second-order valence-electron chi connectivity index (χ2n) is 7.01. The van der Waals surface area contributed by atoms with Crippen LogP contribution in [0.3, 0.4) is 0 Å². The standard InChI is InChI=1S/C15H31N3O3S.HI/c1-7-16-13(18-12-14(2,3)15(18,4)5)17-8-9-21-10-11-22(6,19)20;/h7-12H2,1-6H3,(H,16,17);1H. The molecule has 1 fully saturated rings. The van der Waals surface area contributed by atoms with Gasteiger partial charge in [-0.2, -0.15) is 0 Å². The van der Waals surface area contributed by atoms with Gasteiger partial charge in [-0.15, -0.1) is 24.0 Å². The Morgan fingerprint density at radius 1 is 1.26 bits per heavy atom. The lowest BCUT2D eigenvalue weighted by Gasteiger charge is -2.62. The van der Waals surface area contributed by atoms with E-state index >= 15 is 0 Å². The van der Waals surface area contributed by atoms with Gasteiger partial charge in [0, 0.05) is 30.3 Å². The molecule has 1 N–H and O–H groups in total. The monoisotopic (exact) mass is 461 g/mol. The first-order valence-electron chi connectivity index (χ1n) is 7.83. The number of ether oxygens (including phenoxy) is 1. The summed E-state index contributed by atoms with van der Waals surface area (Å²) < 4.78 is 27.3. The Morgan fingerprint density at radius 2 is 1.87 bits per heavy atom. The van der Waals surface area contributed by atoms with Gasteiger partial charge in [0.25, 0.3) is 0 Å². The van der Waals surface area contributed by atoms with Crippen LogP contribution in [-0.4, -0.2) is 69.7 Å². The van der Waals surface area contributed by atoms with Crippen molar-refractivity contribution < 1.29 is 13.2 Å².